The van der Waals surface area contributed by atoms with E-state index in [-0.39, 0.29) is 6.61 Å². The topological polar surface area (TPSA) is 38.7 Å². The fourth-order valence-electron chi connectivity index (χ4n) is 2.53. The smallest absolute Gasteiger partial charge is 0.120 e. The number of aliphatic hydroxyl groups is 1. The van der Waals surface area contributed by atoms with Gasteiger partial charge < -0.3 is 14.6 Å². The van der Waals surface area contributed by atoms with Crippen LogP contribution in [0.15, 0.2) is 24.3 Å². The fraction of sp³-hybridized carbons (Fsp3) is 0.556. The van der Waals surface area contributed by atoms with Crippen LogP contribution in [-0.2, 0) is 4.74 Å². The number of hydrogen-bond donors (Lipinski definition) is 1. The van der Waals surface area contributed by atoms with Gasteiger partial charge in [0, 0.05) is 18.6 Å². The lowest BCUT2D eigenvalue weighted by atomic mass is 10.1. The van der Waals surface area contributed by atoms with Crippen molar-refractivity contribution in [3.63, 3.8) is 0 Å². The lowest BCUT2D eigenvalue weighted by Gasteiger charge is -2.10. The van der Waals surface area contributed by atoms with Crippen molar-refractivity contribution in [1.82, 2.24) is 0 Å². The van der Waals surface area contributed by atoms with Crippen LogP contribution in [0.5, 0.6) is 5.75 Å². The van der Waals surface area contributed by atoms with Crippen LogP contribution in [0.3, 0.4) is 0 Å². The Hall–Kier alpha value is -1.50. The summed E-state index contributed by atoms with van der Waals surface area (Å²) >= 11 is 0. The second-order valence-electron chi connectivity index (χ2n) is 5.38. The highest BCUT2D eigenvalue weighted by Gasteiger charge is 2.14. The van der Waals surface area contributed by atoms with Gasteiger partial charge in [-0.05, 0) is 37.0 Å². The van der Waals surface area contributed by atoms with Crippen LogP contribution in [0.2, 0.25) is 0 Å². The molecule has 1 fully saturated rings. The molecule has 0 heterocycles. The highest BCUT2D eigenvalue weighted by atomic mass is 16.5. The van der Waals surface area contributed by atoms with Gasteiger partial charge in [-0.1, -0.05) is 30.7 Å². The van der Waals surface area contributed by atoms with Crippen molar-refractivity contribution in [2.75, 3.05) is 26.4 Å². The van der Waals surface area contributed by atoms with Crippen LogP contribution in [0.4, 0.5) is 0 Å². The molecule has 0 radical (unpaired) electrons. The second kappa shape index (κ2) is 9.44. The van der Waals surface area contributed by atoms with Gasteiger partial charge in [-0.25, -0.2) is 0 Å². The molecule has 1 aliphatic carbocycles. The minimum atomic E-state index is 0.0987. The molecule has 0 bridgehead atoms. The molecule has 3 heteroatoms. The molecule has 0 amide bonds. The Morgan fingerprint density at radius 3 is 2.86 bits per heavy atom. The van der Waals surface area contributed by atoms with Gasteiger partial charge in [0.1, 0.15) is 12.4 Å². The predicted molar refractivity (Wildman–Crippen MR) is 83.3 cm³/mol. The summed E-state index contributed by atoms with van der Waals surface area (Å²) in [6.07, 6.45) is 5.84. The summed E-state index contributed by atoms with van der Waals surface area (Å²) in [5.41, 5.74) is 0.910. The first kappa shape index (κ1) is 15.9. The van der Waals surface area contributed by atoms with E-state index in [0.29, 0.717) is 19.6 Å². The summed E-state index contributed by atoms with van der Waals surface area (Å²) in [6, 6.07) is 7.71. The van der Waals surface area contributed by atoms with E-state index >= 15 is 0 Å². The summed E-state index contributed by atoms with van der Waals surface area (Å²) in [5.74, 6) is 7.48. The number of aliphatic hydroxyl groups excluding tert-OH is 1. The molecule has 0 unspecified atom stereocenters. The zero-order chi connectivity index (χ0) is 14.8. The highest BCUT2D eigenvalue weighted by Crippen LogP contribution is 2.24. The maximum atomic E-state index is 8.70. The van der Waals surface area contributed by atoms with E-state index in [2.05, 4.69) is 11.8 Å². The van der Waals surface area contributed by atoms with Crippen molar-refractivity contribution in [2.24, 2.45) is 5.92 Å². The van der Waals surface area contributed by atoms with E-state index in [1.54, 1.807) is 0 Å². The van der Waals surface area contributed by atoms with Gasteiger partial charge in [0.05, 0.1) is 13.2 Å². The van der Waals surface area contributed by atoms with Gasteiger partial charge in [-0.2, -0.15) is 0 Å². The van der Waals surface area contributed by atoms with Crippen molar-refractivity contribution >= 4 is 0 Å². The van der Waals surface area contributed by atoms with Gasteiger partial charge in [0.2, 0.25) is 0 Å². The fourth-order valence-corrected chi connectivity index (χ4v) is 2.53. The van der Waals surface area contributed by atoms with Crippen LogP contribution in [0.25, 0.3) is 0 Å². The largest absolute Gasteiger partial charge is 0.491 e. The van der Waals surface area contributed by atoms with E-state index in [0.717, 1.165) is 23.8 Å². The molecule has 1 aliphatic rings. The molecule has 0 spiro atoms. The Morgan fingerprint density at radius 1 is 1.19 bits per heavy atom. The third-order valence-electron chi connectivity index (χ3n) is 3.63. The Balaban J connectivity index is 1.65. The Labute approximate surface area is 127 Å². The average molecular weight is 288 g/mol. The van der Waals surface area contributed by atoms with Crippen LogP contribution in [-0.4, -0.2) is 31.5 Å². The first-order valence-corrected chi connectivity index (χ1v) is 7.79. The van der Waals surface area contributed by atoms with E-state index in [9.17, 15) is 0 Å². The predicted octanol–water partition coefficient (Wildman–Crippen LogP) is 3.01. The quantitative estimate of drug-likeness (QED) is 0.619. The van der Waals surface area contributed by atoms with Gasteiger partial charge in [-0.15, -0.1) is 0 Å². The van der Waals surface area contributed by atoms with Crippen molar-refractivity contribution in [3.8, 4) is 17.6 Å². The van der Waals surface area contributed by atoms with Gasteiger partial charge in [0.25, 0.3) is 0 Å². The van der Waals surface area contributed by atoms with Crippen molar-refractivity contribution < 1.29 is 14.6 Å². The summed E-state index contributed by atoms with van der Waals surface area (Å²) in [6.45, 7) is 2.18. The molecule has 3 nitrogen and oxygen atoms in total. The van der Waals surface area contributed by atoms with Gasteiger partial charge in [-0.3, -0.25) is 0 Å². The normalized spacial score (nSPS) is 14.7. The van der Waals surface area contributed by atoms with Crippen LogP contribution >= 0.6 is 0 Å². The van der Waals surface area contributed by atoms with Gasteiger partial charge >= 0.3 is 0 Å². The van der Waals surface area contributed by atoms with Crippen LogP contribution in [0.1, 0.15) is 37.7 Å². The first-order chi connectivity index (χ1) is 10.4. The second-order valence-corrected chi connectivity index (χ2v) is 5.38. The minimum Gasteiger partial charge on any atom is -0.491 e. The molecule has 0 atom stereocenters. The molecular formula is C18H24O3. The molecule has 1 aromatic carbocycles. The summed E-state index contributed by atoms with van der Waals surface area (Å²) in [4.78, 5) is 0. The number of ether oxygens (including phenoxy) is 2. The van der Waals surface area contributed by atoms with Crippen LogP contribution in [0, 0.1) is 17.8 Å². The summed E-state index contributed by atoms with van der Waals surface area (Å²) in [7, 11) is 0. The third-order valence-corrected chi connectivity index (χ3v) is 3.63. The first-order valence-electron chi connectivity index (χ1n) is 7.79. The number of hydrogen-bond acceptors (Lipinski definition) is 3. The Morgan fingerprint density at radius 2 is 2.05 bits per heavy atom. The summed E-state index contributed by atoms with van der Waals surface area (Å²) < 4.78 is 11.3. The van der Waals surface area contributed by atoms with E-state index in [1.165, 1.54) is 25.7 Å². The maximum Gasteiger partial charge on any atom is 0.120 e. The van der Waals surface area contributed by atoms with Crippen molar-refractivity contribution in [3.05, 3.63) is 29.8 Å². The molecule has 0 aliphatic heterocycles. The van der Waals surface area contributed by atoms with Gasteiger partial charge in [0.15, 0.2) is 0 Å². The highest BCUT2D eigenvalue weighted by molar-refractivity contribution is 5.39. The van der Waals surface area contributed by atoms with E-state index in [1.807, 2.05) is 24.3 Å². The SMILES string of the molecule is OCCC#Cc1cccc(OCCOCC2CCCC2)c1. The molecule has 114 valence electrons. The number of benzene rings is 1. The van der Waals surface area contributed by atoms with Crippen LogP contribution < -0.4 is 4.74 Å². The zero-order valence-electron chi connectivity index (χ0n) is 12.5. The van der Waals surface area contributed by atoms with E-state index < -0.39 is 0 Å². The molecule has 0 aromatic heterocycles. The molecule has 21 heavy (non-hydrogen) atoms. The average Bonchev–Trinajstić information content (AvgIpc) is 3.01. The molecule has 1 saturated carbocycles. The Kier molecular flexibility index (Phi) is 7.14. The molecule has 0 saturated heterocycles. The van der Waals surface area contributed by atoms with Crippen molar-refractivity contribution in [1.29, 1.82) is 0 Å². The zero-order valence-corrected chi connectivity index (χ0v) is 12.5. The summed E-state index contributed by atoms with van der Waals surface area (Å²) in [5, 5.41) is 8.70. The molecule has 2 rings (SSSR count). The van der Waals surface area contributed by atoms with Crippen molar-refractivity contribution in [2.45, 2.75) is 32.1 Å². The Bertz CT molecular complexity index is 467. The van der Waals surface area contributed by atoms with E-state index in [4.69, 9.17) is 14.6 Å². The lowest BCUT2D eigenvalue weighted by molar-refractivity contribution is 0.0754. The lowest BCUT2D eigenvalue weighted by Crippen LogP contribution is -2.11. The molecular weight excluding hydrogens is 264 g/mol. The molecule has 1 aromatic rings. The molecule has 1 N–H and O–H groups in total. The maximum absolute atomic E-state index is 8.70. The standard InChI is InChI=1S/C18H24O3/c19-11-4-3-6-16-9-5-10-18(14-16)21-13-12-20-15-17-7-1-2-8-17/h5,9-10,14,17,19H,1-2,4,7-8,11-13,15H2. The number of rotatable bonds is 7. The minimum absolute atomic E-state index is 0.0987. The third kappa shape index (κ3) is 6.20. The monoisotopic (exact) mass is 288 g/mol.